The van der Waals surface area contributed by atoms with Crippen LogP contribution in [0.2, 0.25) is 0 Å². The first-order valence-electron chi connectivity index (χ1n) is 14.3. The fourth-order valence-electron chi connectivity index (χ4n) is 10.4. The van der Waals surface area contributed by atoms with Crippen molar-refractivity contribution in [1.29, 1.82) is 0 Å². The molecule has 202 valence electrons. The van der Waals surface area contributed by atoms with Crippen LogP contribution in [0.25, 0.3) is 4.85 Å². The first-order valence-corrected chi connectivity index (χ1v) is 14.3. The van der Waals surface area contributed by atoms with Gasteiger partial charge in [0, 0.05) is 16.7 Å². The molecule has 0 radical (unpaired) electrons. The highest BCUT2D eigenvalue weighted by atomic mass is 16.4. The van der Waals surface area contributed by atoms with Crippen LogP contribution in [-0.2, 0) is 15.0 Å². The molecule has 1 aromatic heterocycles. The minimum atomic E-state index is -0.639. The molecule has 0 spiro atoms. The van der Waals surface area contributed by atoms with Gasteiger partial charge in [-0.25, -0.2) is 4.85 Å². The van der Waals surface area contributed by atoms with Crippen molar-refractivity contribution in [2.75, 3.05) is 0 Å². The normalized spacial score (nSPS) is 44.9. The van der Waals surface area contributed by atoms with E-state index in [1.54, 1.807) is 0 Å². The Hall–Kier alpha value is -2.55. The van der Waals surface area contributed by atoms with Gasteiger partial charge in [0.25, 0.3) is 0 Å². The van der Waals surface area contributed by atoms with E-state index in [1.165, 1.54) is 6.39 Å². The summed E-state index contributed by atoms with van der Waals surface area (Å²) in [6.45, 7) is 23.3. The molecule has 0 saturated heterocycles. The Morgan fingerprint density at radius 3 is 2.37 bits per heavy atom. The standard InChI is InChI=1S/C32H41N3O3/c1-27(2)11-13-32(26-35-34-18-38-26)14-12-31(7)24(19(32)16-27)21(36)15-23-29(5)17-20(33-8)25(37)28(3,4)22(29)9-10-30(23,31)6/h15,17-19,22,24H,9-14,16H2,1-7H3/t19-,22-,24-,29-,30+,31+,32-/m0/s1. The summed E-state index contributed by atoms with van der Waals surface area (Å²) in [5, 5.41) is 8.50. The van der Waals surface area contributed by atoms with Crippen molar-refractivity contribution in [3.63, 3.8) is 0 Å². The Morgan fingerprint density at radius 1 is 1.00 bits per heavy atom. The minimum Gasteiger partial charge on any atom is -0.427 e. The summed E-state index contributed by atoms with van der Waals surface area (Å²) in [7, 11) is 0. The van der Waals surface area contributed by atoms with Crippen LogP contribution >= 0.6 is 0 Å². The van der Waals surface area contributed by atoms with Crippen LogP contribution in [0, 0.1) is 51.4 Å². The maximum atomic E-state index is 14.5. The number of rotatable bonds is 1. The number of aromatic nitrogens is 2. The highest BCUT2D eigenvalue weighted by Gasteiger charge is 2.70. The van der Waals surface area contributed by atoms with Gasteiger partial charge in [0.15, 0.2) is 11.6 Å². The summed E-state index contributed by atoms with van der Waals surface area (Å²) in [6, 6.07) is 0. The Morgan fingerprint density at radius 2 is 1.71 bits per heavy atom. The molecule has 6 nitrogen and oxygen atoms in total. The third kappa shape index (κ3) is 2.94. The van der Waals surface area contributed by atoms with Crippen LogP contribution in [0.5, 0.6) is 0 Å². The largest absolute Gasteiger partial charge is 0.427 e. The summed E-state index contributed by atoms with van der Waals surface area (Å²) in [4.78, 5) is 31.4. The number of carbonyl (C=O) groups is 2. The van der Waals surface area contributed by atoms with Gasteiger partial charge in [-0.1, -0.05) is 60.1 Å². The van der Waals surface area contributed by atoms with E-state index in [9.17, 15) is 9.59 Å². The molecule has 1 heterocycles. The molecule has 6 heteroatoms. The Balaban J connectivity index is 1.54. The van der Waals surface area contributed by atoms with Gasteiger partial charge in [-0.15, -0.1) is 10.2 Å². The van der Waals surface area contributed by atoms with Crippen LogP contribution in [0.4, 0.5) is 0 Å². The molecule has 38 heavy (non-hydrogen) atoms. The number of carbonyl (C=O) groups excluding carboxylic acids is 2. The van der Waals surface area contributed by atoms with Crippen LogP contribution in [0.1, 0.15) is 99.3 Å². The van der Waals surface area contributed by atoms with Crippen molar-refractivity contribution in [3.05, 3.63) is 47.1 Å². The van der Waals surface area contributed by atoms with Gasteiger partial charge in [-0.05, 0) is 79.1 Å². The van der Waals surface area contributed by atoms with E-state index < -0.39 is 10.8 Å². The molecule has 0 aliphatic heterocycles. The number of nitrogens with zero attached hydrogens (tertiary/aromatic N) is 3. The lowest BCUT2D eigenvalue weighted by Gasteiger charge is -2.69. The maximum absolute atomic E-state index is 14.5. The number of Topliss-reactive ketones (excluding diaryl/α,β-unsaturated/α-hetero) is 1. The average Bonchev–Trinajstić information content (AvgIpc) is 3.38. The van der Waals surface area contributed by atoms with E-state index in [0.29, 0.717) is 5.89 Å². The molecule has 5 aliphatic carbocycles. The molecular formula is C32H41N3O3. The van der Waals surface area contributed by atoms with Gasteiger partial charge in [0.1, 0.15) is 0 Å². The fraction of sp³-hybridized carbons (Fsp3) is 0.719. The fourth-order valence-corrected chi connectivity index (χ4v) is 10.4. The third-order valence-electron chi connectivity index (χ3n) is 12.6. The molecule has 0 amide bonds. The van der Waals surface area contributed by atoms with Gasteiger partial charge < -0.3 is 9.21 Å². The zero-order chi connectivity index (χ0) is 27.5. The Kier molecular flexibility index (Phi) is 5.11. The minimum absolute atomic E-state index is 0.0585. The summed E-state index contributed by atoms with van der Waals surface area (Å²) >= 11 is 0. The predicted molar refractivity (Wildman–Crippen MR) is 143 cm³/mol. The van der Waals surface area contributed by atoms with Gasteiger partial charge in [0.2, 0.25) is 18.0 Å². The molecule has 0 bridgehead atoms. The second kappa shape index (κ2) is 7.55. The number of fused-ring (bicyclic) bond motifs is 7. The van der Waals surface area contributed by atoms with Gasteiger partial charge in [-0.2, -0.15) is 0 Å². The highest BCUT2D eigenvalue weighted by Crippen LogP contribution is 2.74. The number of ketones is 2. The maximum Gasteiger partial charge on any atom is 0.226 e. The summed E-state index contributed by atoms with van der Waals surface area (Å²) < 4.78 is 5.91. The quantitative estimate of drug-likeness (QED) is 0.381. The van der Waals surface area contributed by atoms with Crippen molar-refractivity contribution < 1.29 is 14.0 Å². The SMILES string of the molecule is [C-]#[N+]C1=C[C@]2(C)C3=CC(=O)[C@@H]4[C@@H]5CC(C)(C)CC[C@]5(c5nnco5)CC[C@@]4(C)[C@]3(C)CC[C@H]2C(C)(C)C1=O. The lowest BCUT2D eigenvalue weighted by molar-refractivity contribution is -0.161. The number of allylic oxidation sites excluding steroid dienone is 4. The molecule has 0 N–H and O–H groups in total. The smallest absolute Gasteiger partial charge is 0.226 e. The second-order valence-electron chi connectivity index (χ2n) is 15.1. The molecule has 5 aliphatic rings. The lowest BCUT2D eigenvalue weighted by atomic mass is 9.34. The summed E-state index contributed by atoms with van der Waals surface area (Å²) in [6.07, 6.45) is 12.0. The van der Waals surface area contributed by atoms with Crippen molar-refractivity contribution in [2.45, 2.75) is 98.8 Å². The van der Waals surface area contributed by atoms with Crippen molar-refractivity contribution in [1.82, 2.24) is 10.2 Å². The number of hydrogen-bond acceptors (Lipinski definition) is 5. The molecule has 0 aromatic carbocycles. The monoisotopic (exact) mass is 515 g/mol. The van der Waals surface area contributed by atoms with Gasteiger partial charge in [-0.3, -0.25) is 4.79 Å². The summed E-state index contributed by atoms with van der Waals surface area (Å²) in [5.41, 5.74) is -0.326. The van der Waals surface area contributed by atoms with Crippen LogP contribution < -0.4 is 0 Å². The molecular weight excluding hydrogens is 474 g/mol. The predicted octanol–water partition coefficient (Wildman–Crippen LogP) is 6.89. The van der Waals surface area contributed by atoms with E-state index in [-0.39, 0.29) is 56.7 Å². The van der Waals surface area contributed by atoms with E-state index in [0.717, 1.165) is 50.5 Å². The van der Waals surface area contributed by atoms with Crippen molar-refractivity contribution >= 4 is 11.6 Å². The second-order valence-corrected chi connectivity index (χ2v) is 15.1. The van der Waals surface area contributed by atoms with Gasteiger partial charge >= 0.3 is 0 Å². The topological polar surface area (TPSA) is 77.4 Å². The first-order chi connectivity index (χ1) is 17.7. The molecule has 6 rings (SSSR count). The first kappa shape index (κ1) is 25.7. The molecule has 3 fully saturated rings. The van der Waals surface area contributed by atoms with Crippen LogP contribution in [0.15, 0.2) is 34.2 Å². The molecule has 7 atom stereocenters. The third-order valence-corrected chi connectivity index (χ3v) is 12.6. The van der Waals surface area contributed by atoms with Crippen molar-refractivity contribution in [3.8, 4) is 0 Å². The van der Waals surface area contributed by atoms with Crippen LogP contribution in [-0.4, -0.2) is 21.8 Å². The average molecular weight is 516 g/mol. The number of hydrogen-bond donors (Lipinski definition) is 0. The van der Waals surface area contributed by atoms with E-state index in [4.69, 9.17) is 11.0 Å². The Labute approximate surface area is 226 Å². The lowest BCUT2D eigenvalue weighted by Crippen LogP contribution is -2.65. The van der Waals surface area contributed by atoms with E-state index >= 15 is 0 Å². The molecule has 1 aromatic rings. The molecule has 3 saturated carbocycles. The van der Waals surface area contributed by atoms with Crippen molar-refractivity contribution in [2.24, 2.45) is 44.8 Å². The highest BCUT2D eigenvalue weighted by molar-refractivity contribution is 6.03. The van der Waals surface area contributed by atoms with Crippen LogP contribution in [0.3, 0.4) is 0 Å². The summed E-state index contributed by atoms with van der Waals surface area (Å²) in [5.74, 6) is 0.934. The Bertz CT molecular complexity index is 1330. The zero-order valence-corrected chi connectivity index (χ0v) is 24.0. The van der Waals surface area contributed by atoms with E-state index in [1.807, 2.05) is 26.0 Å². The molecule has 0 unspecified atom stereocenters. The zero-order valence-electron chi connectivity index (χ0n) is 24.0. The van der Waals surface area contributed by atoms with E-state index in [2.05, 4.69) is 49.7 Å². The van der Waals surface area contributed by atoms with Gasteiger partial charge in [0.05, 0.1) is 12.0 Å².